The molecule has 0 bridgehead atoms. The van der Waals surface area contributed by atoms with Crippen LogP contribution in [0, 0.1) is 11.6 Å². The molecular formula is C56H60F2N5O12P. The number of nitrogens with zero attached hydrogens (tertiary/aromatic N) is 3. The number of rotatable bonds is 19. The summed E-state index contributed by atoms with van der Waals surface area (Å²) >= 11 is 0. The third kappa shape index (κ3) is 15.7. The third-order valence-electron chi connectivity index (χ3n) is 12.4. The van der Waals surface area contributed by atoms with Crippen LogP contribution < -0.4 is 11.0 Å². The number of para-hydroxylation sites is 3. The highest BCUT2D eigenvalue weighted by Gasteiger charge is 2.31. The quantitative estimate of drug-likeness (QED) is 0.0277. The Kier molecular flexibility index (Phi) is 20.3. The van der Waals surface area contributed by atoms with Crippen LogP contribution in [-0.2, 0) is 15.9 Å². The van der Waals surface area contributed by atoms with Gasteiger partial charge in [0.05, 0.1) is 40.9 Å². The Labute approximate surface area is 436 Å². The van der Waals surface area contributed by atoms with Crippen LogP contribution in [0.3, 0.4) is 0 Å². The van der Waals surface area contributed by atoms with Crippen LogP contribution in [0.15, 0.2) is 144 Å². The van der Waals surface area contributed by atoms with Gasteiger partial charge in [0.1, 0.15) is 11.6 Å². The van der Waals surface area contributed by atoms with Gasteiger partial charge in [-0.2, -0.15) is 0 Å². The summed E-state index contributed by atoms with van der Waals surface area (Å²) in [5.41, 5.74) is 5.89. The number of H-pyrrole nitrogens is 1. The number of ketones is 1. The summed E-state index contributed by atoms with van der Waals surface area (Å²) in [6.45, 7) is 6.68. The number of carboxylic acids is 1. The van der Waals surface area contributed by atoms with Crippen molar-refractivity contribution in [3.63, 3.8) is 0 Å². The van der Waals surface area contributed by atoms with E-state index in [4.69, 9.17) is 20.0 Å². The van der Waals surface area contributed by atoms with E-state index < -0.39 is 37.9 Å². The Morgan fingerprint density at radius 1 is 0.763 bits per heavy atom. The Morgan fingerprint density at radius 3 is 1.93 bits per heavy atom. The predicted molar refractivity (Wildman–Crippen MR) is 285 cm³/mol. The molecule has 2 aromatic heterocycles. The van der Waals surface area contributed by atoms with Crippen LogP contribution in [0.5, 0.6) is 0 Å². The number of aliphatic carboxylic acids is 1. The summed E-state index contributed by atoms with van der Waals surface area (Å²) in [5.74, 6) is -2.23. The maximum Gasteiger partial charge on any atom is 0.433 e. The number of nitrogens with one attached hydrogen (secondary N) is 2. The molecule has 0 spiro atoms. The van der Waals surface area contributed by atoms with Gasteiger partial charge < -0.3 is 45.1 Å². The normalized spacial score (nSPS) is 13.4. The van der Waals surface area contributed by atoms with Crippen molar-refractivity contribution < 1.29 is 62.7 Å². The van der Waals surface area contributed by atoms with Gasteiger partial charge in [0.25, 0.3) is 5.91 Å². The highest BCUT2D eigenvalue weighted by atomic mass is 31.2. The first-order valence-corrected chi connectivity index (χ1v) is 26.0. The van der Waals surface area contributed by atoms with E-state index in [1.165, 1.54) is 36.4 Å². The van der Waals surface area contributed by atoms with Crippen LogP contribution in [0.2, 0.25) is 0 Å². The number of amides is 1. The molecule has 8 N–H and O–H groups in total. The summed E-state index contributed by atoms with van der Waals surface area (Å²) < 4.78 is 40.1. The van der Waals surface area contributed by atoms with Crippen LogP contribution in [0.4, 0.5) is 19.3 Å². The standard InChI is InChI=1S/C33H35FN2O5.C22H22FN3O2.CH3O5P/c1-21(2)31-30(33(41)35-25-11-7-4-8-12-25)29(22-9-5-3-6-10-22)32(23-13-15-24(34)16-14-23)36(31)18-17-26(37)19-27(38)20-28(39)40;23-17-9-7-16(8-10-17)21(27)6-3-13-25-14-11-18(12-15-25)26-20-5-2-1-4-19(20)24-22(26)28;2-1(3)7(4,5)6/h3-16,21,26-27,37-38H,17-20H2,1-2H3,(H,35,41)(H,39,40);1-2,4-5,7-11H,3,6,12-15H2,(H,24,28);(H,2,3)(H2,4,5,6)/t26-,27-;;/m1../s1. The SMILES string of the molecule is CC(C)c1c(C(=O)Nc2ccccc2)c(-c2ccccc2)c(-c2ccc(F)cc2)n1CC[C@@H](O)C[C@@H](O)CC(=O)O.O=C(CCCN1CC=C(n2c(=O)[nH]c3ccccc32)CC1)c1ccc(F)cc1.O=C(O)P(=O)(O)O. The van der Waals surface area contributed by atoms with Gasteiger partial charge >= 0.3 is 25.0 Å². The zero-order chi connectivity index (χ0) is 55.1. The molecule has 400 valence electrons. The summed E-state index contributed by atoms with van der Waals surface area (Å²) in [7, 11) is -4.82. The smallest absolute Gasteiger partial charge is 0.433 e. The number of hydrogen-bond acceptors (Lipinski definition) is 9. The van der Waals surface area contributed by atoms with E-state index in [-0.39, 0.29) is 54.3 Å². The van der Waals surface area contributed by atoms with Crippen molar-refractivity contribution in [1.82, 2.24) is 19.0 Å². The van der Waals surface area contributed by atoms with Gasteiger partial charge in [0, 0.05) is 60.7 Å². The summed E-state index contributed by atoms with van der Waals surface area (Å²) in [5, 5.41) is 40.3. The minimum absolute atomic E-state index is 0.0404. The number of aliphatic hydroxyl groups excluding tert-OH is 2. The van der Waals surface area contributed by atoms with Crippen LogP contribution in [0.25, 0.3) is 39.1 Å². The predicted octanol–water partition coefficient (Wildman–Crippen LogP) is 9.83. The lowest BCUT2D eigenvalue weighted by Gasteiger charge is -2.26. The Hall–Kier alpha value is -7.64. The summed E-state index contributed by atoms with van der Waals surface area (Å²) in [6.07, 6.45) is 1.57. The molecule has 0 radical (unpaired) electrons. The summed E-state index contributed by atoms with van der Waals surface area (Å²) in [4.78, 5) is 79.2. The molecule has 0 aliphatic carbocycles. The van der Waals surface area contributed by atoms with Gasteiger partial charge in [0.15, 0.2) is 5.78 Å². The number of aliphatic hydroxyl groups is 2. The minimum atomic E-state index is -4.82. The molecule has 20 heteroatoms. The second kappa shape index (κ2) is 26.7. The van der Waals surface area contributed by atoms with Crippen LogP contribution >= 0.6 is 7.60 Å². The average molecular weight is 1060 g/mol. The highest BCUT2D eigenvalue weighted by molar-refractivity contribution is 7.69. The number of aromatic amines is 1. The van der Waals surface area contributed by atoms with Crippen molar-refractivity contribution in [3.8, 4) is 22.4 Å². The first-order valence-electron chi connectivity index (χ1n) is 24.4. The van der Waals surface area contributed by atoms with E-state index in [9.17, 15) is 47.5 Å². The molecule has 76 heavy (non-hydrogen) atoms. The van der Waals surface area contributed by atoms with Gasteiger partial charge in [-0.1, -0.05) is 80.6 Å². The first kappa shape index (κ1) is 57.6. The number of aromatic nitrogens is 3. The van der Waals surface area contributed by atoms with Gasteiger partial charge in [-0.3, -0.25) is 23.9 Å². The lowest BCUT2D eigenvalue weighted by Crippen LogP contribution is -2.32. The molecule has 1 aliphatic rings. The number of benzene rings is 5. The summed E-state index contributed by atoms with van der Waals surface area (Å²) in [6, 6.07) is 38.2. The lowest BCUT2D eigenvalue weighted by atomic mass is 9.94. The number of hydrogen-bond donors (Lipinski definition) is 8. The van der Waals surface area contributed by atoms with Gasteiger partial charge in [-0.25, -0.2) is 22.9 Å². The maximum atomic E-state index is 14.0. The number of Topliss-reactive ketones (excluding diaryl/α,β-unsaturated/α-hetero) is 1. The Morgan fingerprint density at radius 2 is 1.36 bits per heavy atom. The Bertz CT molecular complexity index is 3240. The molecule has 0 saturated heterocycles. The first-order chi connectivity index (χ1) is 36.2. The molecule has 2 atom stereocenters. The van der Waals surface area contributed by atoms with Crippen molar-refractivity contribution in [2.45, 2.75) is 77.0 Å². The highest BCUT2D eigenvalue weighted by Crippen LogP contribution is 2.43. The van der Waals surface area contributed by atoms with E-state index in [0.29, 0.717) is 40.1 Å². The number of anilines is 1. The monoisotopic (exact) mass is 1060 g/mol. The molecular weight excluding hydrogens is 1000 g/mol. The van der Waals surface area contributed by atoms with E-state index in [0.717, 1.165) is 60.5 Å². The van der Waals surface area contributed by atoms with E-state index in [1.807, 2.05) is 103 Å². The van der Waals surface area contributed by atoms with Crippen LogP contribution in [0.1, 0.15) is 84.7 Å². The molecule has 17 nitrogen and oxygen atoms in total. The Balaban J connectivity index is 0.000000230. The van der Waals surface area contributed by atoms with E-state index >= 15 is 0 Å². The largest absolute Gasteiger partial charge is 0.481 e. The lowest BCUT2D eigenvalue weighted by molar-refractivity contribution is -0.139. The third-order valence-corrected chi connectivity index (χ3v) is 12.9. The molecule has 3 heterocycles. The number of fused-ring (bicyclic) bond motifs is 1. The molecule has 0 fully saturated rings. The van der Waals surface area contributed by atoms with E-state index in [2.05, 4.69) is 21.3 Å². The second-order valence-corrected chi connectivity index (χ2v) is 19.8. The number of carbonyl (C=O) groups is 4. The number of carbonyl (C=O) groups excluding carboxylic acids is 2. The zero-order valence-electron chi connectivity index (χ0n) is 41.8. The van der Waals surface area contributed by atoms with Crippen LogP contribution in [-0.4, -0.2) is 104 Å². The topological polar surface area (TPSA) is 265 Å². The molecule has 0 saturated carbocycles. The molecule has 1 aliphatic heterocycles. The molecule has 8 rings (SSSR count). The fraction of sp³-hybridized carbons (Fsp3) is 0.268. The van der Waals surface area contributed by atoms with Gasteiger partial charge in [-0.05, 0) is 116 Å². The molecule has 5 aromatic carbocycles. The number of carboxylic acid groups (broad SMARTS) is 2. The van der Waals surface area contributed by atoms with Gasteiger partial charge in [0.2, 0.25) is 0 Å². The van der Waals surface area contributed by atoms with Crippen molar-refractivity contribution in [1.29, 1.82) is 0 Å². The van der Waals surface area contributed by atoms with Crippen molar-refractivity contribution in [2.75, 3.05) is 25.0 Å². The fourth-order valence-corrected chi connectivity index (χ4v) is 8.89. The fourth-order valence-electron chi connectivity index (χ4n) is 8.89. The van der Waals surface area contributed by atoms with Crippen molar-refractivity contribution in [3.05, 3.63) is 178 Å². The van der Waals surface area contributed by atoms with Crippen molar-refractivity contribution in [2.24, 2.45) is 0 Å². The minimum Gasteiger partial charge on any atom is -0.481 e. The van der Waals surface area contributed by atoms with Crippen molar-refractivity contribution >= 4 is 53.4 Å². The molecule has 1 amide bonds. The maximum absolute atomic E-state index is 14.0. The number of halogens is 2. The second-order valence-electron chi connectivity index (χ2n) is 18.3. The number of imidazole rings is 1. The average Bonchev–Trinajstić information content (AvgIpc) is 3.94. The van der Waals surface area contributed by atoms with E-state index in [1.54, 1.807) is 16.7 Å². The molecule has 0 unspecified atom stereocenters. The van der Waals surface area contributed by atoms with Gasteiger partial charge in [-0.15, -0.1) is 0 Å². The molecule has 7 aromatic rings. The zero-order valence-corrected chi connectivity index (χ0v) is 42.7.